The van der Waals surface area contributed by atoms with Crippen LogP contribution in [0.5, 0.6) is 5.75 Å². The number of fused-ring (bicyclic) bond motifs is 3. The van der Waals surface area contributed by atoms with E-state index in [2.05, 4.69) is 12.2 Å². The van der Waals surface area contributed by atoms with Gasteiger partial charge in [-0.15, -0.1) is 11.3 Å². The van der Waals surface area contributed by atoms with E-state index in [9.17, 15) is 9.59 Å². The zero-order valence-electron chi connectivity index (χ0n) is 14.3. The Kier molecular flexibility index (Phi) is 5.38. The third-order valence-corrected chi connectivity index (χ3v) is 5.18. The molecule has 3 rings (SSSR count). The molecule has 132 valence electrons. The minimum atomic E-state index is -0.477. The topological polar surface area (TPSA) is 64.6 Å². The number of carbonyl (C=O) groups is 2. The van der Waals surface area contributed by atoms with Gasteiger partial charge in [-0.05, 0) is 31.5 Å². The van der Waals surface area contributed by atoms with Gasteiger partial charge in [-0.3, -0.25) is 4.79 Å². The van der Waals surface area contributed by atoms with Crippen LogP contribution in [-0.2, 0) is 16.1 Å². The van der Waals surface area contributed by atoms with Gasteiger partial charge in [0.2, 0.25) is 0 Å². The maximum absolute atomic E-state index is 12.3. The van der Waals surface area contributed by atoms with E-state index in [-0.39, 0.29) is 18.6 Å². The van der Waals surface area contributed by atoms with Crippen molar-refractivity contribution in [2.24, 2.45) is 0 Å². The quantitative estimate of drug-likeness (QED) is 0.798. The van der Waals surface area contributed by atoms with Crippen molar-refractivity contribution >= 4 is 23.2 Å². The van der Waals surface area contributed by atoms with E-state index in [0.717, 1.165) is 34.6 Å². The lowest BCUT2D eigenvalue weighted by atomic mass is 10.1. The molecule has 0 bridgehead atoms. The molecular formula is C19H21NO4S. The number of hydrogen-bond donors (Lipinski definition) is 1. The van der Waals surface area contributed by atoms with E-state index in [4.69, 9.17) is 9.47 Å². The molecule has 0 unspecified atom stereocenters. The van der Waals surface area contributed by atoms with Crippen molar-refractivity contribution in [1.82, 2.24) is 5.32 Å². The molecule has 0 spiro atoms. The molecule has 1 aliphatic rings. The Morgan fingerprint density at radius 1 is 1.36 bits per heavy atom. The van der Waals surface area contributed by atoms with Crippen LogP contribution in [0.15, 0.2) is 30.3 Å². The van der Waals surface area contributed by atoms with Crippen LogP contribution < -0.4 is 10.1 Å². The third-order valence-electron chi connectivity index (χ3n) is 3.99. The van der Waals surface area contributed by atoms with Gasteiger partial charge in [0.25, 0.3) is 5.91 Å². The molecule has 5 nitrogen and oxygen atoms in total. The molecule has 0 radical (unpaired) electrons. The minimum absolute atomic E-state index is 0.0823. The molecule has 1 aromatic carbocycles. The Bertz CT molecular complexity index is 783. The number of benzene rings is 1. The molecule has 1 atom stereocenters. The zero-order chi connectivity index (χ0) is 17.8. The monoisotopic (exact) mass is 359 g/mol. The lowest BCUT2D eigenvalue weighted by Gasteiger charge is -2.16. The van der Waals surface area contributed by atoms with Crippen molar-refractivity contribution in [2.45, 2.75) is 39.3 Å². The molecule has 0 aliphatic carbocycles. The molecule has 1 amide bonds. The van der Waals surface area contributed by atoms with Gasteiger partial charge in [0.1, 0.15) is 17.2 Å². The minimum Gasteiger partial charge on any atom is -0.488 e. The fourth-order valence-corrected chi connectivity index (χ4v) is 3.91. The van der Waals surface area contributed by atoms with Crippen molar-refractivity contribution in [2.75, 3.05) is 6.61 Å². The number of hydrogen-bond acceptors (Lipinski definition) is 5. The van der Waals surface area contributed by atoms with Crippen molar-refractivity contribution in [1.29, 1.82) is 0 Å². The number of ether oxygens (including phenoxy) is 2. The van der Waals surface area contributed by atoms with Gasteiger partial charge in [0.05, 0.1) is 0 Å². The fraction of sp³-hybridized carbons (Fsp3) is 0.368. The summed E-state index contributed by atoms with van der Waals surface area (Å²) in [4.78, 5) is 25.6. The predicted octanol–water partition coefficient (Wildman–Crippen LogP) is 3.77. The van der Waals surface area contributed by atoms with E-state index in [1.165, 1.54) is 11.3 Å². The Labute approximate surface area is 151 Å². The number of carbonyl (C=O) groups excluding carboxylic acids is 2. The summed E-state index contributed by atoms with van der Waals surface area (Å²) in [5.41, 5.74) is 1.95. The summed E-state index contributed by atoms with van der Waals surface area (Å²) < 4.78 is 10.9. The van der Waals surface area contributed by atoms with Crippen LogP contribution in [0.4, 0.5) is 0 Å². The molecule has 25 heavy (non-hydrogen) atoms. The second-order valence-electron chi connectivity index (χ2n) is 6.08. The first-order valence-corrected chi connectivity index (χ1v) is 9.21. The molecule has 1 N–H and O–H groups in total. The lowest BCUT2D eigenvalue weighted by molar-refractivity contribution is -0.124. The fourth-order valence-electron chi connectivity index (χ4n) is 2.82. The molecule has 0 saturated carbocycles. The van der Waals surface area contributed by atoms with Gasteiger partial charge < -0.3 is 14.8 Å². The van der Waals surface area contributed by atoms with E-state index in [1.807, 2.05) is 31.2 Å². The smallest absolute Gasteiger partial charge is 0.348 e. The third kappa shape index (κ3) is 4.02. The van der Waals surface area contributed by atoms with E-state index in [0.29, 0.717) is 11.5 Å². The van der Waals surface area contributed by atoms with Gasteiger partial charge in [-0.1, -0.05) is 25.5 Å². The maximum Gasteiger partial charge on any atom is 0.348 e. The second-order valence-corrected chi connectivity index (χ2v) is 7.14. The number of esters is 1. The molecule has 6 heteroatoms. The van der Waals surface area contributed by atoms with Crippen molar-refractivity contribution in [3.8, 4) is 16.2 Å². The van der Waals surface area contributed by atoms with E-state index < -0.39 is 5.97 Å². The molecular weight excluding hydrogens is 338 g/mol. The first kappa shape index (κ1) is 17.5. The summed E-state index contributed by atoms with van der Waals surface area (Å²) >= 11 is 1.37. The van der Waals surface area contributed by atoms with Gasteiger partial charge >= 0.3 is 5.97 Å². The molecule has 0 saturated heterocycles. The van der Waals surface area contributed by atoms with Crippen LogP contribution in [0.2, 0.25) is 0 Å². The zero-order valence-corrected chi connectivity index (χ0v) is 15.2. The predicted molar refractivity (Wildman–Crippen MR) is 96.9 cm³/mol. The normalized spacial score (nSPS) is 13.2. The summed E-state index contributed by atoms with van der Waals surface area (Å²) in [5, 5.41) is 2.82. The highest BCUT2D eigenvalue weighted by atomic mass is 32.1. The van der Waals surface area contributed by atoms with Crippen LogP contribution >= 0.6 is 11.3 Å². The van der Waals surface area contributed by atoms with Crippen molar-refractivity contribution < 1.29 is 19.1 Å². The largest absolute Gasteiger partial charge is 0.488 e. The van der Waals surface area contributed by atoms with Crippen LogP contribution in [0.1, 0.15) is 41.9 Å². The Morgan fingerprint density at radius 2 is 2.16 bits per heavy atom. The van der Waals surface area contributed by atoms with Crippen LogP contribution in [0, 0.1) is 0 Å². The second kappa shape index (κ2) is 7.70. The first-order valence-electron chi connectivity index (χ1n) is 8.40. The van der Waals surface area contributed by atoms with Gasteiger partial charge in [0.15, 0.2) is 6.61 Å². The number of para-hydroxylation sites is 1. The van der Waals surface area contributed by atoms with E-state index >= 15 is 0 Å². The van der Waals surface area contributed by atoms with Gasteiger partial charge in [-0.25, -0.2) is 4.79 Å². The average molecular weight is 359 g/mol. The molecule has 2 aromatic rings. The van der Waals surface area contributed by atoms with Crippen LogP contribution in [-0.4, -0.2) is 24.5 Å². The van der Waals surface area contributed by atoms with Crippen LogP contribution in [0.25, 0.3) is 10.4 Å². The Balaban J connectivity index is 1.63. The van der Waals surface area contributed by atoms with Crippen molar-refractivity contribution in [3.05, 3.63) is 40.8 Å². The van der Waals surface area contributed by atoms with Crippen LogP contribution in [0.3, 0.4) is 0 Å². The highest BCUT2D eigenvalue weighted by Crippen LogP contribution is 2.42. The molecule has 2 heterocycles. The standard InChI is InChI=1S/C19H21NO4S/c1-3-6-12(2)20-17(21)11-24-19(22)16-9-13-10-23-15-8-5-4-7-14(15)18(13)25-16/h4-5,7-9,12H,3,6,10-11H2,1-2H3,(H,20,21)/t12-/m1/s1. The average Bonchev–Trinajstić information content (AvgIpc) is 3.04. The summed E-state index contributed by atoms with van der Waals surface area (Å²) in [5.74, 6) is 0.0699. The van der Waals surface area contributed by atoms with Gasteiger partial charge in [-0.2, -0.15) is 0 Å². The summed E-state index contributed by atoms with van der Waals surface area (Å²) in [6.07, 6.45) is 1.89. The molecule has 0 fully saturated rings. The summed E-state index contributed by atoms with van der Waals surface area (Å²) in [6.45, 7) is 4.17. The number of rotatable bonds is 6. The molecule has 1 aliphatic heterocycles. The number of nitrogens with one attached hydrogen (secondary N) is 1. The maximum atomic E-state index is 12.3. The van der Waals surface area contributed by atoms with Gasteiger partial charge in [0, 0.05) is 22.0 Å². The number of thiophene rings is 1. The number of amides is 1. The summed E-state index contributed by atoms with van der Waals surface area (Å²) in [6, 6.07) is 9.62. The SMILES string of the molecule is CCC[C@@H](C)NC(=O)COC(=O)c1cc2c(s1)-c1ccccc1OC2. The first-order chi connectivity index (χ1) is 12.1. The van der Waals surface area contributed by atoms with E-state index in [1.54, 1.807) is 6.07 Å². The Morgan fingerprint density at radius 3 is 2.96 bits per heavy atom. The highest BCUT2D eigenvalue weighted by molar-refractivity contribution is 7.17. The van der Waals surface area contributed by atoms with Crippen molar-refractivity contribution in [3.63, 3.8) is 0 Å². The lowest BCUT2D eigenvalue weighted by Crippen LogP contribution is -2.35. The Hall–Kier alpha value is -2.34. The molecule has 1 aromatic heterocycles. The highest BCUT2D eigenvalue weighted by Gasteiger charge is 2.23. The summed E-state index contributed by atoms with van der Waals surface area (Å²) in [7, 11) is 0.